The van der Waals surface area contributed by atoms with Gasteiger partial charge in [-0.05, 0) is 44.5 Å². The average Bonchev–Trinajstić information content (AvgIpc) is 3.02. The Hall–Kier alpha value is -3.29. The highest BCUT2D eigenvalue weighted by Gasteiger charge is 2.20. The zero-order valence-corrected chi connectivity index (χ0v) is 17.6. The van der Waals surface area contributed by atoms with Crippen LogP contribution in [0, 0.1) is 0 Å². The fourth-order valence-electron chi connectivity index (χ4n) is 3.36. The van der Waals surface area contributed by atoms with E-state index in [1.54, 1.807) is 37.3 Å². The summed E-state index contributed by atoms with van der Waals surface area (Å²) in [6, 6.07) is 5.45. The summed E-state index contributed by atoms with van der Waals surface area (Å²) in [4.78, 5) is 30.2. The van der Waals surface area contributed by atoms with Gasteiger partial charge in [-0.15, -0.1) is 0 Å². The van der Waals surface area contributed by atoms with Crippen molar-refractivity contribution in [1.29, 1.82) is 0 Å². The molecule has 8 nitrogen and oxygen atoms in total. The van der Waals surface area contributed by atoms with Crippen molar-refractivity contribution in [1.82, 2.24) is 18.7 Å². The summed E-state index contributed by atoms with van der Waals surface area (Å²) in [5, 5.41) is 0. The lowest BCUT2D eigenvalue weighted by molar-refractivity contribution is 0.355. The van der Waals surface area contributed by atoms with Gasteiger partial charge in [0.15, 0.2) is 22.7 Å². The molecule has 2 aromatic heterocycles. The van der Waals surface area contributed by atoms with Crippen LogP contribution in [0.1, 0.15) is 38.2 Å². The van der Waals surface area contributed by atoms with Crippen LogP contribution in [0.25, 0.3) is 23.3 Å². The van der Waals surface area contributed by atoms with Crippen molar-refractivity contribution in [2.45, 2.75) is 33.4 Å². The van der Waals surface area contributed by atoms with Gasteiger partial charge < -0.3 is 14.0 Å². The Balaban J connectivity index is 2.17. The minimum absolute atomic E-state index is 0.124. The van der Waals surface area contributed by atoms with E-state index in [4.69, 9.17) is 9.47 Å². The van der Waals surface area contributed by atoms with E-state index in [0.29, 0.717) is 35.0 Å². The number of rotatable bonds is 6. The molecular weight excluding hydrogens is 372 g/mol. The van der Waals surface area contributed by atoms with Crippen LogP contribution in [0.15, 0.2) is 27.8 Å². The minimum Gasteiger partial charge on any atom is -0.493 e. The first kappa shape index (κ1) is 20.4. The maximum atomic E-state index is 12.9. The highest BCUT2D eigenvalue weighted by Crippen LogP contribution is 2.28. The quantitative estimate of drug-likeness (QED) is 0.638. The lowest BCUT2D eigenvalue weighted by Crippen LogP contribution is -2.40. The molecule has 154 valence electrons. The Kier molecular flexibility index (Phi) is 5.63. The number of imidazole rings is 1. The van der Waals surface area contributed by atoms with E-state index in [1.807, 2.05) is 44.2 Å². The van der Waals surface area contributed by atoms with Crippen molar-refractivity contribution in [3.05, 3.63) is 50.4 Å². The van der Waals surface area contributed by atoms with Gasteiger partial charge in [0.05, 0.1) is 14.2 Å². The van der Waals surface area contributed by atoms with Crippen LogP contribution in [0.3, 0.4) is 0 Å². The predicted octanol–water partition coefficient (Wildman–Crippen LogP) is 2.69. The number of aromatic nitrogens is 4. The van der Waals surface area contributed by atoms with E-state index in [0.717, 1.165) is 5.56 Å². The first-order valence-corrected chi connectivity index (χ1v) is 9.45. The Morgan fingerprint density at radius 2 is 1.79 bits per heavy atom. The van der Waals surface area contributed by atoms with Crippen LogP contribution < -0.4 is 20.7 Å². The van der Waals surface area contributed by atoms with E-state index in [2.05, 4.69) is 4.98 Å². The molecule has 0 saturated carbocycles. The average molecular weight is 398 g/mol. The van der Waals surface area contributed by atoms with Gasteiger partial charge in [0.1, 0.15) is 5.82 Å². The van der Waals surface area contributed by atoms with Gasteiger partial charge in [0, 0.05) is 19.6 Å². The summed E-state index contributed by atoms with van der Waals surface area (Å²) < 4.78 is 15.1. The molecule has 0 amide bonds. The second-order valence-corrected chi connectivity index (χ2v) is 6.94. The Labute approximate surface area is 168 Å². The number of hydrogen-bond donors (Lipinski definition) is 0. The van der Waals surface area contributed by atoms with Crippen LogP contribution in [0.4, 0.5) is 0 Å². The first-order chi connectivity index (χ1) is 13.8. The Morgan fingerprint density at radius 3 is 2.38 bits per heavy atom. The third-order valence-electron chi connectivity index (χ3n) is 4.89. The number of fused-ring (bicyclic) bond motifs is 1. The lowest BCUT2D eigenvalue weighted by Gasteiger charge is -2.13. The molecule has 8 heteroatoms. The molecule has 0 N–H and O–H groups in total. The summed E-state index contributed by atoms with van der Waals surface area (Å²) in [6.45, 7) is 5.90. The first-order valence-electron chi connectivity index (χ1n) is 9.45. The third kappa shape index (κ3) is 3.46. The molecule has 2 heterocycles. The number of nitrogens with zero attached hydrogens (tertiary/aromatic N) is 4. The van der Waals surface area contributed by atoms with Gasteiger partial charge in [-0.25, -0.2) is 9.78 Å². The van der Waals surface area contributed by atoms with Crippen molar-refractivity contribution in [2.24, 2.45) is 7.05 Å². The summed E-state index contributed by atoms with van der Waals surface area (Å²) in [5.74, 6) is 1.85. The van der Waals surface area contributed by atoms with E-state index < -0.39 is 0 Å². The third-order valence-corrected chi connectivity index (χ3v) is 4.89. The number of aryl methyl sites for hydroxylation is 1. The van der Waals surface area contributed by atoms with Crippen LogP contribution in [-0.2, 0) is 13.6 Å². The molecule has 0 fully saturated rings. The molecule has 0 aliphatic heterocycles. The number of hydrogen-bond acceptors (Lipinski definition) is 5. The lowest BCUT2D eigenvalue weighted by atomic mass is 10.2. The van der Waals surface area contributed by atoms with Crippen LogP contribution in [0.5, 0.6) is 11.5 Å². The summed E-state index contributed by atoms with van der Waals surface area (Å²) in [5.41, 5.74) is 1.03. The molecular formula is C21H26N4O4. The molecule has 3 rings (SSSR count). The van der Waals surface area contributed by atoms with Crippen molar-refractivity contribution in [2.75, 3.05) is 14.2 Å². The van der Waals surface area contributed by atoms with Gasteiger partial charge >= 0.3 is 5.69 Å². The normalized spacial score (nSPS) is 11.7. The van der Waals surface area contributed by atoms with Crippen molar-refractivity contribution in [3.63, 3.8) is 0 Å². The zero-order valence-electron chi connectivity index (χ0n) is 17.6. The molecule has 0 saturated heterocycles. The SMILES string of the molecule is CCn1c(=O)c2c(nc(/C=C/c3ccc(OC)c(OC)c3)n2C)n(C(C)C)c1=O. The number of benzene rings is 1. The molecule has 0 atom stereocenters. The van der Waals surface area contributed by atoms with Crippen LogP contribution in [0.2, 0.25) is 0 Å². The molecule has 0 radical (unpaired) electrons. The molecule has 1 aromatic carbocycles. The Morgan fingerprint density at radius 1 is 1.10 bits per heavy atom. The van der Waals surface area contributed by atoms with Crippen LogP contribution in [-0.4, -0.2) is 32.9 Å². The standard InChI is InChI=1S/C21H26N4O4/c1-7-24-20(26)18-19(25(13(2)3)21(24)27)22-17(23(18)4)11-9-14-8-10-15(28-5)16(12-14)29-6/h8-13H,7H2,1-6H3/b11-9+. The predicted molar refractivity (Wildman–Crippen MR) is 114 cm³/mol. The van der Waals surface area contributed by atoms with E-state index in [1.165, 1.54) is 4.57 Å². The topological polar surface area (TPSA) is 80.3 Å². The van der Waals surface area contributed by atoms with Gasteiger partial charge in [-0.2, -0.15) is 0 Å². The van der Waals surface area contributed by atoms with Gasteiger partial charge in [-0.3, -0.25) is 13.9 Å². The monoisotopic (exact) mass is 398 g/mol. The minimum atomic E-state index is -0.339. The number of methoxy groups -OCH3 is 2. The summed E-state index contributed by atoms with van der Waals surface area (Å²) >= 11 is 0. The molecule has 29 heavy (non-hydrogen) atoms. The fourth-order valence-corrected chi connectivity index (χ4v) is 3.36. The van der Waals surface area contributed by atoms with Gasteiger partial charge in [-0.1, -0.05) is 12.1 Å². The van der Waals surface area contributed by atoms with Crippen molar-refractivity contribution < 1.29 is 9.47 Å². The maximum absolute atomic E-state index is 12.9. The number of ether oxygens (including phenoxy) is 2. The molecule has 0 unspecified atom stereocenters. The van der Waals surface area contributed by atoms with Gasteiger partial charge in [0.25, 0.3) is 5.56 Å². The van der Waals surface area contributed by atoms with E-state index >= 15 is 0 Å². The second kappa shape index (κ2) is 7.98. The van der Waals surface area contributed by atoms with E-state index in [9.17, 15) is 9.59 Å². The molecule has 0 aliphatic rings. The van der Waals surface area contributed by atoms with Gasteiger partial charge in [0.2, 0.25) is 0 Å². The molecule has 0 bridgehead atoms. The largest absolute Gasteiger partial charge is 0.493 e. The fraction of sp³-hybridized carbons (Fsp3) is 0.381. The molecule has 0 spiro atoms. The smallest absolute Gasteiger partial charge is 0.332 e. The zero-order chi connectivity index (χ0) is 21.3. The molecule has 3 aromatic rings. The summed E-state index contributed by atoms with van der Waals surface area (Å²) in [7, 11) is 4.95. The maximum Gasteiger partial charge on any atom is 0.332 e. The van der Waals surface area contributed by atoms with Crippen LogP contribution >= 0.6 is 0 Å². The van der Waals surface area contributed by atoms with E-state index in [-0.39, 0.29) is 17.3 Å². The highest BCUT2D eigenvalue weighted by atomic mass is 16.5. The molecule has 0 aliphatic carbocycles. The van der Waals surface area contributed by atoms with Crippen molar-refractivity contribution in [3.8, 4) is 11.5 Å². The van der Waals surface area contributed by atoms with Crippen molar-refractivity contribution >= 4 is 23.3 Å². The Bertz CT molecular complexity index is 1200. The summed E-state index contributed by atoms with van der Waals surface area (Å²) in [6.07, 6.45) is 3.69. The second-order valence-electron chi connectivity index (χ2n) is 6.94. The highest BCUT2D eigenvalue weighted by molar-refractivity contribution is 5.77.